The van der Waals surface area contributed by atoms with E-state index in [9.17, 15) is 19.8 Å². The molecule has 0 aromatic heterocycles. The molecular formula is C9H11NO6. The van der Waals surface area contributed by atoms with E-state index < -0.39 is 42.8 Å². The largest absolute Gasteiger partial charge is 0.394 e. The van der Waals surface area contributed by atoms with Crippen LogP contribution < -0.4 is 5.32 Å². The predicted molar refractivity (Wildman–Crippen MR) is 49.0 cm³/mol. The number of carbonyl (C=O) groups excluding carboxylic acids is 2. The Morgan fingerprint density at radius 2 is 2.00 bits per heavy atom. The first-order valence-electron chi connectivity index (χ1n) is 4.74. The first kappa shape index (κ1) is 11.2. The van der Waals surface area contributed by atoms with Crippen LogP contribution in [0.5, 0.6) is 0 Å². The van der Waals surface area contributed by atoms with E-state index in [0.717, 1.165) is 6.08 Å². The number of imide groups is 1. The van der Waals surface area contributed by atoms with Gasteiger partial charge in [0.2, 0.25) is 0 Å². The molecule has 2 aliphatic rings. The Bertz CT molecular complexity index is 365. The Morgan fingerprint density at radius 1 is 1.31 bits per heavy atom. The third-order valence-corrected chi connectivity index (χ3v) is 2.63. The smallest absolute Gasteiger partial charge is 0.256 e. The fraction of sp³-hybridized carbons (Fsp3) is 0.556. The van der Waals surface area contributed by atoms with E-state index in [4.69, 9.17) is 9.84 Å². The Kier molecular flexibility index (Phi) is 2.76. The van der Waals surface area contributed by atoms with Crippen LogP contribution in [-0.4, -0.2) is 58.2 Å². The fourth-order valence-corrected chi connectivity index (χ4v) is 1.79. The predicted octanol–water partition coefficient (Wildman–Crippen LogP) is -2.95. The Balaban J connectivity index is 2.20. The SMILES string of the molecule is O=C1C=C([C@H]2O[C@@H](CO)[C@H](O)[C@@H]2O)C(=O)N1. The van der Waals surface area contributed by atoms with Crippen LogP contribution in [-0.2, 0) is 14.3 Å². The van der Waals surface area contributed by atoms with Gasteiger partial charge >= 0.3 is 0 Å². The minimum absolute atomic E-state index is 0.0347. The van der Waals surface area contributed by atoms with Gasteiger partial charge in [-0.2, -0.15) is 0 Å². The van der Waals surface area contributed by atoms with Crippen molar-refractivity contribution < 1.29 is 29.6 Å². The lowest BCUT2D eigenvalue weighted by molar-refractivity contribution is -0.124. The van der Waals surface area contributed by atoms with Crippen molar-refractivity contribution >= 4 is 11.8 Å². The van der Waals surface area contributed by atoms with Crippen LogP contribution in [0, 0.1) is 0 Å². The van der Waals surface area contributed by atoms with Crippen molar-refractivity contribution in [2.75, 3.05) is 6.61 Å². The quantitative estimate of drug-likeness (QED) is 0.376. The minimum Gasteiger partial charge on any atom is -0.394 e. The molecule has 0 aromatic carbocycles. The van der Waals surface area contributed by atoms with Gasteiger partial charge in [-0.3, -0.25) is 14.9 Å². The molecule has 0 saturated carbocycles. The van der Waals surface area contributed by atoms with Crippen LogP contribution >= 0.6 is 0 Å². The summed E-state index contributed by atoms with van der Waals surface area (Å²) in [7, 11) is 0. The monoisotopic (exact) mass is 229 g/mol. The molecule has 2 amide bonds. The Morgan fingerprint density at radius 3 is 2.44 bits per heavy atom. The third kappa shape index (κ3) is 1.63. The van der Waals surface area contributed by atoms with Crippen molar-refractivity contribution in [1.29, 1.82) is 0 Å². The second-order valence-electron chi connectivity index (χ2n) is 3.68. The number of aliphatic hydroxyl groups excluding tert-OH is 3. The van der Waals surface area contributed by atoms with Crippen molar-refractivity contribution in [3.8, 4) is 0 Å². The van der Waals surface area contributed by atoms with E-state index in [-0.39, 0.29) is 5.57 Å². The molecular weight excluding hydrogens is 218 g/mol. The highest BCUT2D eigenvalue weighted by Gasteiger charge is 2.46. The standard InChI is InChI=1S/C9H11NO6/c11-2-4-6(13)7(14)8(16-4)3-1-5(12)10-9(3)15/h1,4,6-8,11,13-14H,2H2,(H,10,12,15)/t4-,6-,7-,8+/m0/s1. The molecule has 0 bridgehead atoms. The van der Waals surface area contributed by atoms with E-state index in [1.165, 1.54) is 0 Å². The second-order valence-corrected chi connectivity index (χ2v) is 3.68. The molecule has 88 valence electrons. The second kappa shape index (κ2) is 3.95. The van der Waals surface area contributed by atoms with Gasteiger partial charge < -0.3 is 20.1 Å². The first-order valence-corrected chi connectivity index (χ1v) is 4.74. The summed E-state index contributed by atoms with van der Waals surface area (Å²) < 4.78 is 5.11. The van der Waals surface area contributed by atoms with Crippen molar-refractivity contribution in [1.82, 2.24) is 5.32 Å². The molecule has 0 unspecified atom stereocenters. The van der Waals surface area contributed by atoms with Gasteiger partial charge in [0.15, 0.2) is 0 Å². The maximum atomic E-state index is 11.3. The normalized spacial score (nSPS) is 38.8. The number of hydrogen-bond acceptors (Lipinski definition) is 6. The molecule has 0 aliphatic carbocycles. The molecule has 4 atom stereocenters. The molecule has 7 heteroatoms. The summed E-state index contributed by atoms with van der Waals surface area (Å²) in [5.41, 5.74) is -0.0347. The van der Waals surface area contributed by atoms with Crippen LogP contribution in [0.25, 0.3) is 0 Å². The van der Waals surface area contributed by atoms with E-state index in [2.05, 4.69) is 0 Å². The number of aliphatic hydroxyl groups is 3. The zero-order chi connectivity index (χ0) is 11.9. The first-order chi connectivity index (χ1) is 7.54. The average Bonchev–Trinajstić information content (AvgIpc) is 2.70. The molecule has 2 rings (SSSR count). The Hall–Kier alpha value is -1.28. The van der Waals surface area contributed by atoms with E-state index >= 15 is 0 Å². The molecule has 4 N–H and O–H groups in total. The van der Waals surface area contributed by atoms with Crippen LogP contribution in [0.2, 0.25) is 0 Å². The van der Waals surface area contributed by atoms with Gasteiger partial charge in [-0.25, -0.2) is 0 Å². The maximum absolute atomic E-state index is 11.3. The van der Waals surface area contributed by atoms with Gasteiger partial charge in [0.1, 0.15) is 24.4 Å². The lowest BCUT2D eigenvalue weighted by atomic mass is 10.0. The number of hydrogen-bond donors (Lipinski definition) is 4. The lowest BCUT2D eigenvalue weighted by Crippen LogP contribution is -2.36. The minimum atomic E-state index is -1.33. The van der Waals surface area contributed by atoms with Crippen LogP contribution in [0.4, 0.5) is 0 Å². The summed E-state index contributed by atoms with van der Waals surface area (Å²) in [6.45, 7) is -0.475. The molecule has 2 heterocycles. The molecule has 0 radical (unpaired) electrons. The van der Waals surface area contributed by atoms with Gasteiger partial charge in [-0.15, -0.1) is 0 Å². The highest BCUT2D eigenvalue weighted by Crippen LogP contribution is 2.27. The summed E-state index contributed by atoms with van der Waals surface area (Å²) in [6, 6.07) is 0. The Labute approximate surface area is 90.3 Å². The number of ether oxygens (including phenoxy) is 1. The van der Waals surface area contributed by atoms with Gasteiger partial charge in [0.05, 0.1) is 12.2 Å². The lowest BCUT2D eigenvalue weighted by Gasteiger charge is -2.13. The topological polar surface area (TPSA) is 116 Å². The fourth-order valence-electron chi connectivity index (χ4n) is 1.79. The van der Waals surface area contributed by atoms with Crippen LogP contribution in [0.15, 0.2) is 11.6 Å². The van der Waals surface area contributed by atoms with Gasteiger partial charge in [0, 0.05) is 6.08 Å². The summed E-state index contributed by atoms with van der Waals surface area (Å²) in [5, 5.41) is 29.9. The summed E-state index contributed by atoms with van der Waals surface area (Å²) in [4.78, 5) is 22.2. The van der Waals surface area contributed by atoms with Gasteiger partial charge in [-0.1, -0.05) is 0 Å². The molecule has 0 aromatic rings. The van der Waals surface area contributed by atoms with Crippen molar-refractivity contribution in [2.45, 2.75) is 24.4 Å². The molecule has 7 nitrogen and oxygen atoms in total. The highest BCUT2D eigenvalue weighted by atomic mass is 16.6. The van der Waals surface area contributed by atoms with Gasteiger partial charge in [-0.05, 0) is 0 Å². The zero-order valence-electron chi connectivity index (χ0n) is 8.16. The summed E-state index contributed by atoms with van der Waals surface area (Å²) in [5.74, 6) is -1.24. The number of nitrogens with one attached hydrogen (secondary N) is 1. The third-order valence-electron chi connectivity index (χ3n) is 2.63. The van der Waals surface area contributed by atoms with E-state index in [1.807, 2.05) is 5.32 Å². The number of carbonyl (C=O) groups is 2. The summed E-state index contributed by atoms with van der Waals surface area (Å²) >= 11 is 0. The summed E-state index contributed by atoms with van der Waals surface area (Å²) in [6.07, 6.45) is -3.63. The van der Waals surface area contributed by atoms with E-state index in [0.29, 0.717) is 0 Å². The highest BCUT2D eigenvalue weighted by molar-refractivity contribution is 6.16. The van der Waals surface area contributed by atoms with Gasteiger partial charge in [0.25, 0.3) is 11.8 Å². The van der Waals surface area contributed by atoms with Crippen LogP contribution in [0.1, 0.15) is 0 Å². The molecule has 1 fully saturated rings. The van der Waals surface area contributed by atoms with Crippen LogP contribution in [0.3, 0.4) is 0 Å². The average molecular weight is 229 g/mol. The number of rotatable bonds is 2. The molecule has 16 heavy (non-hydrogen) atoms. The zero-order valence-corrected chi connectivity index (χ0v) is 8.16. The van der Waals surface area contributed by atoms with E-state index in [1.54, 1.807) is 0 Å². The molecule has 0 spiro atoms. The van der Waals surface area contributed by atoms with Crippen molar-refractivity contribution in [3.63, 3.8) is 0 Å². The van der Waals surface area contributed by atoms with Crippen molar-refractivity contribution in [2.24, 2.45) is 0 Å². The van der Waals surface area contributed by atoms with Crippen molar-refractivity contribution in [3.05, 3.63) is 11.6 Å². The maximum Gasteiger partial charge on any atom is 0.256 e. The number of amides is 2. The molecule has 2 aliphatic heterocycles. The molecule has 1 saturated heterocycles.